The Balaban J connectivity index is 0.00000264. The molecule has 1 aromatic heterocycles. The zero-order valence-electron chi connectivity index (χ0n) is 13.4. The van der Waals surface area contributed by atoms with Crippen molar-refractivity contribution in [2.75, 3.05) is 13.6 Å². The number of benzene rings is 1. The molecular weight excluding hydrogens is 424 g/mol. The van der Waals surface area contributed by atoms with Crippen LogP contribution in [0.4, 0.5) is 4.39 Å². The van der Waals surface area contributed by atoms with Crippen molar-refractivity contribution < 1.29 is 4.39 Å². The van der Waals surface area contributed by atoms with Gasteiger partial charge in [0, 0.05) is 23.3 Å². The Kier molecular flexibility index (Phi) is 9.16. The molecule has 0 aliphatic rings. The van der Waals surface area contributed by atoms with E-state index < -0.39 is 0 Å². The lowest BCUT2D eigenvalue weighted by atomic mass is 10.1. The van der Waals surface area contributed by atoms with Gasteiger partial charge in [0.2, 0.25) is 0 Å². The van der Waals surface area contributed by atoms with Gasteiger partial charge in [0.25, 0.3) is 0 Å². The lowest BCUT2D eigenvalue weighted by Crippen LogP contribution is -2.37. The summed E-state index contributed by atoms with van der Waals surface area (Å²) in [7, 11) is 1.75. The van der Waals surface area contributed by atoms with Crippen LogP contribution in [0.5, 0.6) is 0 Å². The van der Waals surface area contributed by atoms with Crippen molar-refractivity contribution >= 4 is 41.3 Å². The molecule has 23 heavy (non-hydrogen) atoms. The van der Waals surface area contributed by atoms with E-state index >= 15 is 0 Å². The molecule has 0 aliphatic heterocycles. The lowest BCUT2D eigenvalue weighted by molar-refractivity contribution is 0.625. The maximum atomic E-state index is 13.1. The third kappa shape index (κ3) is 6.87. The van der Waals surface area contributed by atoms with Crippen LogP contribution in [0.3, 0.4) is 0 Å². The first kappa shape index (κ1) is 19.9. The number of aryl methyl sites for hydroxylation is 1. The van der Waals surface area contributed by atoms with Gasteiger partial charge in [-0.25, -0.2) is 4.39 Å². The maximum Gasteiger partial charge on any atom is 0.191 e. The highest BCUT2D eigenvalue weighted by atomic mass is 127. The second kappa shape index (κ2) is 10.6. The van der Waals surface area contributed by atoms with E-state index in [9.17, 15) is 4.39 Å². The van der Waals surface area contributed by atoms with Crippen LogP contribution in [-0.4, -0.2) is 19.6 Å². The van der Waals surface area contributed by atoms with Gasteiger partial charge in [-0.05, 0) is 42.7 Å². The summed E-state index contributed by atoms with van der Waals surface area (Å²) in [5, 5.41) is 6.55. The highest BCUT2D eigenvalue weighted by Gasteiger charge is 2.02. The fourth-order valence-electron chi connectivity index (χ4n) is 2.12. The van der Waals surface area contributed by atoms with E-state index in [1.54, 1.807) is 19.2 Å². The van der Waals surface area contributed by atoms with E-state index in [1.807, 2.05) is 17.4 Å². The average molecular weight is 447 g/mol. The molecule has 0 aliphatic carbocycles. The Morgan fingerprint density at radius 1 is 1.17 bits per heavy atom. The summed E-state index contributed by atoms with van der Waals surface area (Å²) in [5.74, 6) is 0.576. The third-order valence-corrected chi connectivity index (χ3v) is 4.54. The number of guanidine groups is 1. The summed E-state index contributed by atoms with van der Waals surface area (Å²) in [4.78, 5) is 6.89. The predicted octanol–water partition coefficient (Wildman–Crippen LogP) is 3.98. The average Bonchev–Trinajstić information content (AvgIpc) is 2.99. The molecule has 2 aromatic rings. The van der Waals surface area contributed by atoms with Crippen LogP contribution in [0.1, 0.15) is 22.2 Å². The number of nitrogens with zero attached hydrogens (tertiary/aromatic N) is 1. The molecule has 0 fully saturated rings. The zero-order valence-corrected chi connectivity index (χ0v) is 16.6. The molecule has 1 aromatic carbocycles. The third-order valence-electron chi connectivity index (χ3n) is 3.31. The van der Waals surface area contributed by atoms with Gasteiger partial charge in [-0.2, -0.15) is 0 Å². The summed E-state index contributed by atoms with van der Waals surface area (Å²) < 4.78 is 13.1. The largest absolute Gasteiger partial charge is 0.356 e. The molecule has 0 bridgehead atoms. The van der Waals surface area contributed by atoms with Crippen LogP contribution < -0.4 is 10.6 Å². The van der Waals surface area contributed by atoms with Crippen molar-refractivity contribution in [3.63, 3.8) is 0 Å². The van der Waals surface area contributed by atoms with E-state index in [0.29, 0.717) is 6.54 Å². The van der Waals surface area contributed by atoms with Crippen molar-refractivity contribution in [1.82, 2.24) is 10.6 Å². The van der Waals surface area contributed by atoms with E-state index in [2.05, 4.69) is 34.7 Å². The van der Waals surface area contributed by atoms with Crippen molar-refractivity contribution in [3.05, 3.63) is 57.5 Å². The molecule has 6 heteroatoms. The Morgan fingerprint density at radius 3 is 2.61 bits per heavy atom. The van der Waals surface area contributed by atoms with Gasteiger partial charge in [0.1, 0.15) is 5.82 Å². The predicted molar refractivity (Wildman–Crippen MR) is 107 cm³/mol. The smallest absolute Gasteiger partial charge is 0.191 e. The number of thiophene rings is 1. The quantitative estimate of drug-likeness (QED) is 0.400. The van der Waals surface area contributed by atoms with E-state index in [-0.39, 0.29) is 29.8 Å². The van der Waals surface area contributed by atoms with Gasteiger partial charge >= 0.3 is 0 Å². The Hall–Kier alpha value is -1.15. The van der Waals surface area contributed by atoms with Crippen LogP contribution in [0, 0.1) is 5.82 Å². The highest BCUT2D eigenvalue weighted by molar-refractivity contribution is 14.0. The molecular formula is C17H23FIN3S. The molecule has 0 unspecified atom stereocenters. The number of hydrogen-bond acceptors (Lipinski definition) is 2. The van der Waals surface area contributed by atoms with Crippen molar-refractivity contribution in [3.8, 4) is 0 Å². The SMILES string of the molecule is CCc1ccc(CNC(=NC)NCCc2cccc(F)c2)s1.I. The number of rotatable bonds is 6. The number of aliphatic imine (C=N–C) groups is 1. The topological polar surface area (TPSA) is 36.4 Å². The number of hydrogen-bond donors (Lipinski definition) is 2. The molecule has 126 valence electrons. The van der Waals surface area contributed by atoms with Gasteiger partial charge in [-0.1, -0.05) is 19.1 Å². The second-order valence-electron chi connectivity index (χ2n) is 4.95. The van der Waals surface area contributed by atoms with Crippen LogP contribution in [0.2, 0.25) is 0 Å². The maximum absolute atomic E-state index is 13.1. The van der Waals surface area contributed by atoms with Crippen LogP contribution in [-0.2, 0) is 19.4 Å². The standard InChI is InChI=1S/C17H22FN3S.HI/c1-3-15-7-8-16(22-15)12-21-17(19-2)20-10-9-13-5-4-6-14(18)11-13;/h4-8,11H,3,9-10,12H2,1-2H3,(H2,19,20,21);1H. The first-order valence-corrected chi connectivity index (χ1v) is 8.29. The van der Waals surface area contributed by atoms with E-state index in [0.717, 1.165) is 30.9 Å². The summed E-state index contributed by atoms with van der Waals surface area (Å²) >= 11 is 1.82. The normalized spacial score (nSPS) is 11.0. The summed E-state index contributed by atoms with van der Waals surface area (Å²) in [6.45, 7) is 3.65. The first-order chi connectivity index (χ1) is 10.7. The summed E-state index contributed by atoms with van der Waals surface area (Å²) in [5.41, 5.74) is 0.980. The Bertz CT molecular complexity index is 628. The monoisotopic (exact) mass is 447 g/mol. The molecule has 0 saturated carbocycles. The molecule has 1 heterocycles. The van der Waals surface area contributed by atoms with Crippen molar-refractivity contribution in [2.45, 2.75) is 26.3 Å². The molecule has 0 atom stereocenters. The molecule has 2 N–H and O–H groups in total. The molecule has 0 radical (unpaired) electrons. The van der Waals surface area contributed by atoms with Crippen molar-refractivity contribution in [2.24, 2.45) is 4.99 Å². The lowest BCUT2D eigenvalue weighted by Gasteiger charge is -2.11. The zero-order chi connectivity index (χ0) is 15.8. The minimum atomic E-state index is -0.190. The first-order valence-electron chi connectivity index (χ1n) is 7.47. The van der Waals surface area contributed by atoms with Crippen LogP contribution in [0.15, 0.2) is 41.4 Å². The number of nitrogens with one attached hydrogen (secondary N) is 2. The molecule has 2 rings (SSSR count). The summed E-state index contributed by atoms with van der Waals surface area (Å²) in [6, 6.07) is 11.0. The van der Waals surface area contributed by atoms with E-state index in [4.69, 9.17) is 0 Å². The highest BCUT2D eigenvalue weighted by Crippen LogP contribution is 2.16. The summed E-state index contributed by atoms with van der Waals surface area (Å²) in [6.07, 6.45) is 1.84. The second-order valence-corrected chi connectivity index (χ2v) is 6.21. The van der Waals surface area contributed by atoms with Crippen LogP contribution >= 0.6 is 35.3 Å². The molecule has 0 spiro atoms. The van der Waals surface area contributed by atoms with Gasteiger partial charge in [0.15, 0.2) is 5.96 Å². The van der Waals surface area contributed by atoms with Gasteiger partial charge < -0.3 is 10.6 Å². The Labute approximate surface area is 158 Å². The fourth-order valence-corrected chi connectivity index (χ4v) is 3.01. The fraction of sp³-hybridized carbons (Fsp3) is 0.353. The van der Waals surface area contributed by atoms with Gasteiger partial charge in [-0.3, -0.25) is 4.99 Å². The van der Waals surface area contributed by atoms with Gasteiger partial charge in [0.05, 0.1) is 6.54 Å². The minimum absolute atomic E-state index is 0. The minimum Gasteiger partial charge on any atom is -0.356 e. The molecule has 0 amide bonds. The molecule has 3 nitrogen and oxygen atoms in total. The van der Waals surface area contributed by atoms with E-state index in [1.165, 1.54) is 15.8 Å². The molecule has 0 saturated heterocycles. The van der Waals surface area contributed by atoms with Crippen molar-refractivity contribution in [1.29, 1.82) is 0 Å². The number of halogens is 2. The van der Waals surface area contributed by atoms with Crippen LogP contribution in [0.25, 0.3) is 0 Å². The van der Waals surface area contributed by atoms with Gasteiger partial charge in [-0.15, -0.1) is 35.3 Å². The Morgan fingerprint density at radius 2 is 1.96 bits per heavy atom.